The third kappa shape index (κ3) is 3.19. The van der Waals surface area contributed by atoms with Gasteiger partial charge in [0, 0.05) is 10.9 Å². The summed E-state index contributed by atoms with van der Waals surface area (Å²) in [6, 6.07) is 2.58. The van der Waals surface area contributed by atoms with E-state index in [-0.39, 0.29) is 5.91 Å². The quantitative estimate of drug-likeness (QED) is 0.811. The molecule has 1 amide bonds. The van der Waals surface area contributed by atoms with Crippen molar-refractivity contribution < 1.29 is 4.79 Å². The number of thiophene rings is 1. The smallest absolute Gasteiger partial charge is 0.261 e. The maximum Gasteiger partial charge on any atom is 0.261 e. The Balaban J connectivity index is 1.66. The van der Waals surface area contributed by atoms with Crippen LogP contribution in [0.4, 0.5) is 0 Å². The first kappa shape index (κ1) is 13.2. The summed E-state index contributed by atoms with van der Waals surface area (Å²) < 4.78 is 0. The van der Waals surface area contributed by atoms with Crippen LogP contribution in [0.3, 0.4) is 0 Å². The van der Waals surface area contributed by atoms with Crippen LogP contribution in [0.15, 0.2) is 6.07 Å². The zero-order valence-corrected chi connectivity index (χ0v) is 12.4. The summed E-state index contributed by atoms with van der Waals surface area (Å²) in [5.41, 5.74) is 1.44. The third-order valence-electron chi connectivity index (χ3n) is 4.41. The minimum absolute atomic E-state index is 0.171. The largest absolute Gasteiger partial charge is 0.349 e. The molecule has 0 bridgehead atoms. The van der Waals surface area contributed by atoms with Gasteiger partial charge in [-0.25, -0.2) is 0 Å². The van der Waals surface area contributed by atoms with Crippen molar-refractivity contribution in [3.05, 3.63) is 21.4 Å². The molecule has 1 saturated carbocycles. The first-order valence-electron chi connectivity index (χ1n) is 7.75. The lowest BCUT2D eigenvalue weighted by Crippen LogP contribution is -2.35. The lowest BCUT2D eigenvalue weighted by molar-refractivity contribution is 0.0932. The van der Waals surface area contributed by atoms with E-state index in [9.17, 15) is 4.79 Å². The van der Waals surface area contributed by atoms with Crippen LogP contribution in [0.5, 0.6) is 0 Å². The molecule has 104 valence electrons. The predicted octanol–water partition coefficient (Wildman–Crippen LogP) is 4.08. The maximum atomic E-state index is 12.3. The normalized spacial score (nSPS) is 20.6. The highest BCUT2D eigenvalue weighted by molar-refractivity contribution is 7.14. The van der Waals surface area contributed by atoms with Gasteiger partial charge in [-0.05, 0) is 50.2 Å². The van der Waals surface area contributed by atoms with Crippen molar-refractivity contribution in [2.75, 3.05) is 0 Å². The highest BCUT2D eigenvalue weighted by Gasteiger charge is 2.20. The van der Waals surface area contributed by atoms with Crippen molar-refractivity contribution >= 4 is 17.2 Å². The van der Waals surface area contributed by atoms with Crippen molar-refractivity contribution in [3.63, 3.8) is 0 Å². The molecule has 2 aliphatic rings. The Hall–Kier alpha value is -0.830. The van der Waals surface area contributed by atoms with Crippen molar-refractivity contribution in [1.82, 2.24) is 5.32 Å². The fraction of sp³-hybridized carbons (Fsp3) is 0.688. The molecule has 1 N–H and O–H groups in total. The number of nitrogens with one attached hydrogen (secondary N) is 1. The molecule has 0 spiro atoms. The number of aryl methyl sites for hydroxylation is 2. The van der Waals surface area contributed by atoms with Gasteiger partial charge in [0.1, 0.15) is 0 Å². The van der Waals surface area contributed by atoms with Crippen LogP contribution in [0.1, 0.15) is 71.5 Å². The van der Waals surface area contributed by atoms with Crippen LogP contribution in [0, 0.1) is 0 Å². The van der Waals surface area contributed by atoms with E-state index >= 15 is 0 Å². The minimum atomic E-state index is 0.171. The molecular weight excluding hydrogens is 254 g/mol. The summed E-state index contributed by atoms with van der Waals surface area (Å²) in [6.07, 6.45) is 12.5. The summed E-state index contributed by atoms with van der Waals surface area (Å²) in [5, 5.41) is 3.23. The number of hydrogen-bond donors (Lipinski definition) is 1. The Labute approximate surface area is 119 Å². The van der Waals surface area contributed by atoms with Gasteiger partial charge in [-0.2, -0.15) is 0 Å². The highest BCUT2D eigenvalue weighted by Crippen LogP contribution is 2.29. The van der Waals surface area contributed by atoms with E-state index < -0.39 is 0 Å². The molecule has 1 aromatic heterocycles. The second kappa shape index (κ2) is 6.08. The number of hydrogen-bond acceptors (Lipinski definition) is 2. The van der Waals surface area contributed by atoms with Gasteiger partial charge in [0.05, 0.1) is 4.88 Å². The fourth-order valence-corrected chi connectivity index (χ4v) is 4.44. The molecule has 1 aromatic rings. The van der Waals surface area contributed by atoms with Crippen LogP contribution in [-0.4, -0.2) is 11.9 Å². The minimum Gasteiger partial charge on any atom is -0.349 e. The number of amides is 1. The molecule has 2 aliphatic carbocycles. The molecule has 19 heavy (non-hydrogen) atoms. The van der Waals surface area contributed by atoms with E-state index in [1.807, 2.05) is 0 Å². The van der Waals surface area contributed by atoms with Crippen molar-refractivity contribution in [2.45, 2.75) is 70.3 Å². The van der Waals surface area contributed by atoms with Crippen LogP contribution in [0.2, 0.25) is 0 Å². The highest BCUT2D eigenvalue weighted by atomic mass is 32.1. The topological polar surface area (TPSA) is 29.1 Å². The zero-order chi connectivity index (χ0) is 13.1. The summed E-state index contributed by atoms with van der Waals surface area (Å²) in [4.78, 5) is 14.7. The molecule has 0 atom stereocenters. The van der Waals surface area contributed by atoms with E-state index in [0.29, 0.717) is 6.04 Å². The van der Waals surface area contributed by atoms with Gasteiger partial charge in [0.15, 0.2) is 0 Å². The predicted molar refractivity (Wildman–Crippen MR) is 79.9 cm³/mol. The van der Waals surface area contributed by atoms with Crippen LogP contribution in [-0.2, 0) is 12.8 Å². The van der Waals surface area contributed by atoms with Gasteiger partial charge >= 0.3 is 0 Å². The number of fused-ring (bicyclic) bond motifs is 1. The summed E-state index contributed by atoms with van der Waals surface area (Å²) >= 11 is 1.73. The third-order valence-corrected chi connectivity index (χ3v) is 5.65. The lowest BCUT2D eigenvalue weighted by Gasteiger charge is -2.22. The SMILES string of the molecule is O=C(NC1CCCCC1)c1cc2c(s1)CCCCC2. The van der Waals surface area contributed by atoms with E-state index in [2.05, 4.69) is 11.4 Å². The van der Waals surface area contributed by atoms with Crippen LogP contribution < -0.4 is 5.32 Å². The Morgan fingerprint density at radius 1 is 1.05 bits per heavy atom. The van der Waals surface area contributed by atoms with Gasteiger partial charge in [-0.15, -0.1) is 11.3 Å². The molecule has 0 radical (unpaired) electrons. The number of carbonyl (C=O) groups is 1. The number of carbonyl (C=O) groups excluding carboxylic acids is 1. The van der Waals surface area contributed by atoms with E-state index in [1.54, 1.807) is 11.3 Å². The van der Waals surface area contributed by atoms with E-state index in [0.717, 1.165) is 17.7 Å². The molecule has 3 heteroatoms. The first-order valence-corrected chi connectivity index (χ1v) is 8.57. The molecule has 0 aromatic carbocycles. The van der Waals surface area contributed by atoms with Gasteiger partial charge in [0.2, 0.25) is 0 Å². The molecule has 0 unspecified atom stereocenters. The standard InChI is InChI=1S/C16H23NOS/c18-16(17-13-8-4-2-5-9-13)15-11-12-7-3-1-6-10-14(12)19-15/h11,13H,1-10H2,(H,17,18). The van der Waals surface area contributed by atoms with Crippen molar-refractivity contribution in [2.24, 2.45) is 0 Å². The van der Waals surface area contributed by atoms with Gasteiger partial charge in [0.25, 0.3) is 5.91 Å². The van der Waals surface area contributed by atoms with Crippen LogP contribution >= 0.6 is 11.3 Å². The van der Waals surface area contributed by atoms with Crippen molar-refractivity contribution in [1.29, 1.82) is 0 Å². The molecule has 1 fully saturated rings. The average Bonchev–Trinajstić information content (AvgIpc) is 2.72. The molecule has 2 nitrogen and oxygen atoms in total. The van der Waals surface area contributed by atoms with Crippen molar-refractivity contribution in [3.8, 4) is 0 Å². The number of rotatable bonds is 2. The maximum absolute atomic E-state index is 12.3. The second-order valence-electron chi connectivity index (χ2n) is 5.93. The van der Waals surface area contributed by atoms with Gasteiger partial charge < -0.3 is 5.32 Å². The fourth-order valence-electron chi connectivity index (χ4n) is 3.28. The van der Waals surface area contributed by atoms with E-state index in [4.69, 9.17) is 0 Å². The second-order valence-corrected chi connectivity index (χ2v) is 7.06. The molecule has 0 saturated heterocycles. The lowest BCUT2D eigenvalue weighted by atomic mass is 9.95. The zero-order valence-electron chi connectivity index (χ0n) is 11.5. The van der Waals surface area contributed by atoms with E-state index in [1.165, 1.54) is 61.8 Å². The van der Waals surface area contributed by atoms with Crippen LogP contribution in [0.25, 0.3) is 0 Å². The Morgan fingerprint density at radius 3 is 2.63 bits per heavy atom. The Bertz CT molecular complexity index is 422. The summed E-state index contributed by atoms with van der Waals surface area (Å²) in [6.45, 7) is 0. The van der Waals surface area contributed by atoms with Gasteiger partial charge in [-0.3, -0.25) is 4.79 Å². The molecule has 1 heterocycles. The summed E-state index contributed by atoms with van der Waals surface area (Å²) in [5.74, 6) is 0.171. The first-order chi connectivity index (χ1) is 9.33. The van der Waals surface area contributed by atoms with Gasteiger partial charge in [-0.1, -0.05) is 25.7 Å². The summed E-state index contributed by atoms with van der Waals surface area (Å²) in [7, 11) is 0. The Morgan fingerprint density at radius 2 is 1.79 bits per heavy atom. The molecule has 3 rings (SSSR count). The molecule has 0 aliphatic heterocycles. The molecular formula is C16H23NOS. The Kier molecular flexibility index (Phi) is 4.21. The monoisotopic (exact) mass is 277 g/mol. The average molecular weight is 277 g/mol.